The van der Waals surface area contributed by atoms with E-state index in [1.807, 2.05) is 0 Å². The van der Waals surface area contributed by atoms with E-state index in [9.17, 15) is 14.0 Å². The first-order chi connectivity index (χ1) is 10.0. The number of hydrogen-bond donors (Lipinski definition) is 2. The molecule has 0 heterocycles. The van der Waals surface area contributed by atoms with Crippen molar-refractivity contribution in [1.82, 2.24) is 0 Å². The highest BCUT2D eigenvalue weighted by molar-refractivity contribution is 6.10. The van der Waals surface area contributed by atoms with Crippen molar-refractivity contribution in [3.63, 3.8) is 0 Å². The monoisotopic (exact) mass is 288 g/mol. The lowest BCUT2D eigenvalue weighted by molar-refractivity contribution is 0.0601. The standard InChI is InChI=1S/C15H13FN2O3/c1-21-15(20)11-8-9(16)6-7-13(11)18-14(19)10-4-2-3-5-12(10)17/h2-8H,17H2,1H3,(H,18,19). The largest absolute Gasteiger partial charge is 0.465 e. The number of nitrogens with one attached hydrogen (secondary N) is 1. The van der Waals surface area contributed by atoms with Gasteiger partial charge in [-0.1, -0.05) is 12.1 Å². The molecule has 0 saturated heterocycles. The third-order valence-electron chi connectivity index (χ3n) is 2.84. The van der Waals surface area contributed by atoms with Crippen molar-refractivity contribution in [3.05, 3.63) is 59.4 Å². The van der Waals surface area contributed by atoms with Crippen LogP contribution in [0, 0.1) is 5.82 Å². The van der Waals surface area contributed by atoms with Gasteiger partial charge < -0.3 is 15.8 Å². The molecule has 2 aromatic carbocycles. The zero-order valence-electron chi connectivity index (χ0n) is 11.2. The number of anilines is 2. The van der Waals surface area contributed by atoms with Crippen LogP contribution in [0.5, 0.6) is 0 Å². The number of carbonyl (C=O) groups excluding carboxylic acids is 2. The van der Waals surface area contributed by atoms with Crippen molar-refractivity contribution < 1.29 is 18.7 Å². The van der Waals surface area contributed by atoms with E-state index in [0.717, 1.165) is 12.1 Å². The van der Waals surface area contributed by atoms with Gasteiger partial charge in [-0.3, -0.25) is 4.79 Å². The minimum absolute atomic E-state index is 0.0691. The number of halogens is 1. The van der Waals surface area contributed by atoms with Gasteiger partial charge in [-0.2, -0.15) is 0 Å². The van der Waals surface area contributed by atoms with Gasteiger partial charge in [0.05, 0.1) is 23.9 Å². The summed E-state index contributed by atoms with van der Waals surface area (Å²) in [6, 6.07) is 9.92. The molecule has 0 spiro atoms. The Balaban J connectivity index is 2.34. The topological polar surface area (TPSA) is 81.4 Å². The fourth-order valence-electron chi connectivity index (χ4n) is 1.80. The number of benzene rings is 2. The first kappa shape index (κ1) is 14.5. The molecule has 2 rings (SSSR count). The SMILES string of the molecule is COC(=O)c1cc(F)ccc1NC(=O)c1ccccc1N. The predicted molar refractivity (Wildman–Crippen MR) is 76.5 cm³/mol. The second-order valence-electron chi connectivity index (χ2n) is 4.22. The number of carbonyl (C=O) groups is 2. The number of para-hydroxylation sites is 1. The highest BCUT2D eigenvalue weighted by Gasteiger charge is 2.16. The molecule has 0 fully saturated rings. The second-order valence-corrected chi connectivity index (χ2v) is 4.22. The van der Waals surface area contributed by atoms with Crippen molar-refractivity contribution in [1.29, 1.82) is 0 Å². The highest BCUT2D eigenvalue weighted by Crippen LogP contribution is 2.20. The molecule has 0 bridgehead atoms. The summed E-state index contributed by atoms with van der Waals surface area (Å²) in [5, 5.41) is 2.52. The number of esters is 1. The van der Waals surface area contributed by atoms with E-state index in [1.54, 1.807) is 24.3 Å². The van der Waals surface area contributed by atoms with Crippen LogP contribution in [0.2, 0.25) is 0 Å². The van der Waals surface area contributed by atoms with Gasteiger partial charge in [0.2, 0.25) is 0 Å². The maximum absolute atomic E-state index is 13.2. The summed E-state index contributed by atoms with van der Waals surface area (Å²) < 4.78 is 17.8. The lowest BCUT2D eigenvalue weighted by Crippen LogP contribution is -2.17. The number of nitrogen functional groups attached to an aromatic ring is 1. The average molecular weight is 288 g/mol. The van der Waals surface area contributed by atoms with E-state index < -0.39 is 17.7 Å². The number of rotatable bonds is 3. The molecule has 0 aromatic heterocycles. The van der Waals surface area contributed by atoms with Gasteiger partial charge in [-0.05, 0) is 30.3 Å². The van der Waals surface area contributed by atoms with Gasteiger partial charge in [0.15, 0.2) is 0 Å². The van der Waals surface area contributed by atoms with Crippen LogP contribution >= 0.6 is 0 Å². The van der Waals surface area contributed by atoms with E-state index in [2.05, 4.69) is 10.1 Å². The maximum atomic E-state index is 13.2. The Morgan fingerprint density at radius 3 is 2.52 bits per heavy atom. The van der Waals surface area contributed by atoms with Crippen molar-refractivity contribution in [2.45, 2.75) is 0 Å². The Hall–Kier alpha value is -2.89. The van der Waals surface area contributed by atoms with Crippen LogP contribution in [0.15, 0.2) is 42.5 Å². The van der Waals surface area contributed by atoms with Crippen LogP contribution in [0.4, 0.5) is 15.8 Å². The summed E-state index contributed by atoms with van der Waals surface area (Å²) in [6.45, 7) is 0. The molecule has 108 valence electrons. The molecular weight excluding hydrogens is 275 g/mol. The van der Waals surface area contributed by atoms with Crippen LogP contribution in [-0.4, -0.2) is 19.0 Å². The van der Waals surface area contributed by atoms with Gasteiger partial charge in [0.25, 0.3) is 5.91 Å². The molecular formula is C15H13FN2O3. The number of hydrogen-bond acceptors (Lipinski definition) is 4. The van der Waals surface area contributed by atoms with E-state index in [4.69, 9.17) is 5.73 Å². The summed E-state index contributed by atoms with van der Waals surface area (Å²) in [5.74, 6) is -1.84. The van der Waals surface area contributed by atoms with Crippen molar-refractivity contribution in [3.8, 4) is 0 Å². The summed E-state index contributed by atoms with van der Waals surface area (Å²) in [5.41, 5.74) is 6.36. The van der Waals surface area contributed by atoms with Crippen molar-refractivity contribution >= 4 is 23.3 Å². The molecule has 0 aliphatic rings. The summed E-state index contributed by atoms with van der Waals surface area (Å²) in [7, 11) is 1.17. The quantitative estimate of drug-likeness (QED) is 0.671. The normalized spacial score (nSPS) is 10.0. The molecule has 0 aliphatic heterocycles. The molecule has 3 N–H and O–H groups in total. The predicted octanol–water partition coefficient (Wildman–Crippen LogP) is 2.45. The van der Waals surface area contributed by atoms with Gasteiger partial charge >= 0.3 is 5.97 Å². The number of amides is 1. The molecule has 2 aromatic rings. The summed E-state index contributed by atoms with van der Waals surface area (Å²) in [4.78, 5) is 23.8. The van der Waals surface area contributed by atoms with Gasteiger partial charge in [-0.25, -0.2) is 9.18 Å². The average Bonchev–Trinajstić information content (AvgIpc) is 2.48. The minimum atomic E-state index is -0.745. The second kappa shape index (κ2) is 6.04. The molecule has 5 nitrogen and oxygen atoms in total. The fraction of sp³-hybridized carbons (Fsp3) is 0.0667. The molecule has 6 heteroatoms. The van der Waals surface area contributed by atoms with E-state index in [-0.39, 0.29) is 16.8 Å². The zero-order chi connectivity index (χ0) is 15.4. The molecule has 0 saturated carbocycles. The first-order valence-electron chi connectivity index (χ1n) is 6.06. The lowest BCUT2D eigenvalue weighted by Gasteiger charge is -2.11. The molecule has 0 unspecified atom stereocenters. The third-order valence-corrected chi connectivity index (χ3v) is 2.84. The Kier molecular flexibility index (Phi) is 4.18. The van der Waals surface area contributed by atoms with E-state index in [0.29, 0.717) is 5.69 Å². The van der Waals surface area contributed by atoms with Gasteiger partial charge in [0.1, 0.15) is 5.82 Å². The summed E-state index contributed by atoms with van der Waals surface area (Å²) in [6.07, 6.45) is 0. The van der Waals surface area contributed by atoms with Crippen LogP contribution < -0.4 is 11.1 Å². The van der Waals surface area contributed by atoms with Crippen LogP contribution in [0.25, 0.3) is 0 Å². The molecule has 0 radical (unpaired) electrons. The first-order valence-corrected chi connectivity index (χ1v) is 6.06. The Morgan fingerprint density at radius 2 is 1.86 bits per heavy atom. The van der Waals surface area contributed by atoms with Crippen LogP contribution in [-0.2, 0) is 4.74 Å². The number of methoxy groups -OCH3 is 1. The number of ether oxygens (including phenoxy) is 1. The summed E-state index contributed by atoms with van der Waals surface area (Å²) >= 11 is 0. The van der Waals surface area contributed by atoms with Gasteiger partial charge in [0, 0.05) is 5.69 Å². The van der Waals surface area contributed by atoms with Gasteiger partial charge in [-0.15, -0.1) is 0 Å². The van der Waals surface area contributed by atoms with E-state index in [1.165, 1.54) is 13.2 Å². The smallest absolute Gasteiger partial charge is 0.340 e. The van der Waals surface area contributed by atoms with Crippen LogP contribution in [0.3, 0.4) is 0 Å². The Morgan fingerprint density at radius 1 is 1.14 bits per heavy atom. The molecule has 21 heavy (non-hydrogen) atoms. The lowest BCUT2D eigenvalue weighted by atomic mass is 10.1. The Labute approximate surface area is 120 Å². The van der Waals surface area contributed by atoms with Crippen molar-refractivity contribution in [2.24, 2.45) is 0 Å². The number of nitrogens with two attached hydrogens (primary N) is 1. The zero-order valence-corrected chi connectivity index (χ0v) is 11.2. The molecule has 1 amide bonds. The maximum Gasteiger partial charge on any atom is 0.340 e. The minimum Gasteiger partial charge on any atom is -0.465 e. The third kappa shape index (κ3) is 3.17. The van der Waals surface area contributed by atoms with Crippen molar-refractivity contribution in [2.75, 3.05) is 18.2 Å². The molecule has 0 atom stereocenters. The molecule has 0 aliphatic carbocycles. The van der Waals surface area contributed by atoms with Crippen LogP contribution in [0.1, 0.15) is 20.7 Å². The van der Waals surface area contributed by atoms with E-state index >= 15 is 0 Å². The Bertz CT molecular complexity index is 701. The highest BCUT2D eigenvalue weighted by atomic mass is 19.1. The fourth-order valence-corrected chi connectivity index (χ4v) is 1.80.